The van der Waals surface area contributed by atoms with Crippen LogP contribution in [0.25, 0.3) is 0 Å². The normalized spacial score (nSPS) is 14.6. The number of benzene rings is 1. The van der Waals surface area contributed by atoms with E-state index in [1.807, 2.05) is 44.3 Å². The van der Waals surface area contributed by atoms with Crippen molar-refractivity contribution in [2.24, 2.45) is 5.73 Å². The van der Waals surface area contributed by atoms with Crippen molar-refractivity contribution in [2.45, 2.75) is 25.6 Å². The maximum atomic E-state index is 6.08. The zero-order valence-electron chi connectivity index (χ0n) is 11.2. The van der Waals surface area contributed by atoms with Gasteiger partial charge in [0.1, 0.15) is 5.76 Å². The minimum Gasteiger partial charge on any atom is -0.468 e. The number of nitrogens with zero attached hydrogens (tertiary/aromatic N) is 1. The van der Waals surface area contributed by atoms with Gasteiger partial charge in [0.25, 0.3) is 0 Å². The molecule has 0 saturated carbocycles. The summed E-state index contributed by atoms with van der Waals surface area (Å²) in [5.74, 6) is 0.888. The van der Waals surface area contributed by atoms with E-state index in [0.717, 1.165) is 22.9 Å². The third kappa shape index (κ3) is 3.60. The van der Waals surface area contributed by atoms with Crippen LogP contribution in [0, 0.1) is 0 Å². The van der Waals surface area contributed by atoms with Gasteiger partial charge in [-0.05, 0) is 43.8 Å². The van der Waals surface area contributed by atoms with E-state index in [4.69, 9.17) is 21.8 Å². The molecule has 0 aliphatic carbocycles. The first-order chi connectivity index (χ1) is 9.08. The van der Waals surface area contributed by atoms with Gasteiger partial charge in [-0.25, -0.2) is 0 Å². The first kappa shape index (κ1) is 14.1. The Balaban J connectivity index is 2.14. The largest absolute Gasteiger partial charge is 0.468 e. The minimum atomic E-state index is -0.0182. The lowest BCUT2D eigenvalue weighted by molar-refractivity contribution is 0.184. The fourth-order valence-electron chi connectivity index (χ4n) is 2.36. The lowest BCUT2D eigenvalue weighted by Gasteiger charge is -2.29. The molecule has 0 aliphatic heterocycles. The molecule has 0 bridgehead atoms. The Hall–Kier alpha value is -1.29. The van der Waals surface area contributed by atoms with E-state index >= 15 is 0 Å². The van der Waals surface area contributed by atoms with Crippen LogP contribution in [0.4, 0.5) is 0 Å². The topological polar surface area (TPSA) is 42.4 Å². The molecule has 19 heavy (non-hydrogen) atoms. The molecule has 0 fully saturated rings. The number of hydrogen-bond donors (Lipinski definition) is 1. The fourth-order valence-corrected chi connectivity index (χ4v) is 2.57. The number of halogens is 1. The Morgan fingerprint density at radius 3 is 2.68 bits per heavy atom. The van der Waals surface area contributed by atoms with Gasteiger partial charge in [-0.1, -0.05) is 23.7 Å². The van der Waals surface area contributed by atoms with Crippen molar-refractivity contribution in [3.05, 3.63) is 59.0 Å². The highest BCUT2D eigenvalue weighted by atomic mass is 35.5. The van der Waals surface area contributed by atoms with Crippen LogP contribution in [0.5, 0.6) is 0 Å². The second-order valence-electron chi connectivity index (χ2n) is 4.86. The van der Waals surface area contributed by atoms with Gasteiger partial charge < -0.3 is 10.2 Å². The number of hydrogen-bond acceptors (Lipinski definition) is 3. The van der Waals surface area contributed by atoms with Crippen LogP contribution in [0.3, 0.4) is 0 Å². The average molecular weight is 279 g/mol. The third-order valence-electron chi connectivity index (χ3n) is 3.13. The van der Waals surface area contributed by atoms with Gasteiger partial charge in [0.2, 0.25) is 0 Å². The predicted molar refractivity (Wildman–Crippen MR) is 78.0 cm³/mol. The maximum Gasteiger partial charge on any atom is 0.122 e. The Morgan fingerprint density at radius 1 is 1.32 bits per heavy atom. The van der Waals surface area contributed by atoms with Gasteiger partial charge in [0.15, 0.2) is 0 Å². The van der Waals surface area contributed by atoms with Crippen molar-refractivity contribution in [3.8, 4) is 0 Å². The van der Waals surface area contributed by atoms with E-state index in [9.17, 15) is 0 Å². The molecule has 0 spiro atoms. The molecule has 0 amide bonds. The lowest BCUT2D eigenvalue weighted by atomic mass is 10.1. The Bertz CT molecular complexity index is 511. The van der Waals surface area contributed by atoms with Crippen molar-refractivity contribution in [3.63, 3.8) is 0 Å². The number of rotatable bonds is 5. The molecular weight excluding hydrogens is 260 g/mol. The highest BCUT2D eigenvalue weighted by Crippen LogP contribution is 2.24. The van der Waals surface area contributed by atoms with Crippen molar-refractivity contribution in [2.75, 3.05) is 7.05 Å². The summed E-state index contributed by atoms with van der Waals surface area (Å²) in [5.41, 5.74) is 7.24. The van der Waals surface area contributed by atoms with Crippen LogP contribution < -0.4 is 5.73 Å². The minimum absolute atomic E-state index is 0.0182. The highest BCUT2D eigenvalue weighted by molar-refractivity contribution is 6.30. The lowest BCUT2D eigenvalue weighted by Crippen LogP contribution is -2.36. The van der Waals surface area contributed by atoms with E-state index in [2.05, 4.69) is 11.0 Å². The van der Waals surface area contributed by atoms with Crippen LogP contribution in [-0.4, -0.2) is 18.0 Å². The molecule has 1 heterocycles. The Morgan fingerprint density at radius 2 is 2.11 bits per heavy atom. The van der Waals surface area contributed by atoms with Crippen LogP contribution in [0.2, 0.25) is 5.02 Å². The predicted octanol–water partition coefficient (Wildman–Crippen LogP) is 3.45. The number of furan rings is 1. The summed E-state index contributed by atoms with van der Waals surface area (Å²) in [6.07, 6.45) is 1.68. The zero-order valence-corrected chi connectivity index (χ0v) is 12.0. The van der Waals surface area contributed by atoms with Crippen LogP contribution >= 0.6 is 11.6 Å². The van der Waals surface area contributed by atoms with E-state index in [1.165, 1.54) is 0 Å². The van der Waals surface area contributed by atoms with E-state index in [-0.39, 0.29) is 12.1 Å². The molecule has 2 aromatic rings. The van der Waals surface area contributed by atoms with Gasteiger partial charge in [0, 0.05) is 17.6 Å². The molecule has 2 N–H and O–H groups in total. The molecule has 1 aromatic heterocycles. The summed E-state index contributed by atoms with van der Waals surface area (Å²) in [5, 5.41) is 0.751. The number of nitrogens with two attached hydrogens (primary N) is 1. The molecular formula is C15H19ClN2O. The Labute approximate surface area is 119 Å². The van der Waals surface area contributed by atoms with E-state index < -0.39 is 0 Å². The quantitative estimate of drug-likeness (QED) is 0.911. The first-order valence-corrected chi connectivity index (χ1v) is 6.69. The van der Waals surface area contributed by atoms with E-state index in [0.29, 0.717) is 0 Å². The molecule has 4 heteroatoms. The summed E-state index contributed by atoms with van der Waals surface area (Å²) in [4.78, 5) is 2.18. The van der Waals surface area contributed by atoms with Crippen molar-refractivity contribution >= 4 is 11.6 Å². The molecule has 2 atom stereocenters. The number of likely N-dealkylation sites (N-methyl/N-ethyl adjacent to an activating group) is 1. The van der Waals surface area contributed by atoms with Crippen LogP contribution in [0.1, 0.15) is 24.3 Å². The second-order valence-corrected chi connectivity index (χ2v) is 5.30. The summed E-state index contributed by atoms with van der Waals surface area (Å²) in [6, 6.07) is 11.7. The molecule has 0 aliphatic rings. The van der Waals surface area contributed by atoms with Gasteiger partial charge in [-0.3, -0.25) is 4.90 Å². The smallest absolute Gasteiger partial charge is 0.122 e. The van der Waals surface area contributed by atoms with Crippen molar-refractivity contribution in [1.82, 2.24) is 4.90 Å². The molecule has 3 nitrogen and oxygen atoms in total. The Kier molecular flexibility index (Phi) is 4.64. The summed E-state index contributed by atoms with van der Waals surface area (Å²) < 4.78 is 5.49. The zero-order chi connectivity index (χ0) is 13.8. The van der Waals surface area contributed by atoms with Crippen LogP contribution in [0.15, 0.2) is 47.1 Å². The fraction of sp³-hybridized carbons (Fsp3) is 0.333. The SMILES string of the molecule is CC(N)C(c1ccco1)N(C)Cc1cccc(Cl)c1. The van der Waals surface area contributed by atoms with Crippen LogP contribution in [-0.2, 0) is 6.54 Å². The van der Waals surface area contributed by atoms with E-state index in [1.54, 1.807) is 6.26 Å². The molecule has 2 rings (SSSR count). The molecule has 2 unspecified atom stereocenters. The molecule has 102 valence electrons. The standard InChI is InChI=1S/C15H19ClN2O/c1-11(17)15(14-7-4-8-19-14)18(2)10-12-5-3-6-13(16)9-12/h3-9,11,15H,10,17H2,1-2H3. The van der Waals surface area contributed by atoms with Gasteiger partial charge >= 0.3 is 0 Å². The monoisotopic (exact) mass is 278 g/mol. The first-order valence-electron chi connectivity index (χ1n) is 6.31. The summed E-state index contributed by atoms with van der Waals surface area (Å²) in [6.45, 7) is 2.76. The van der Waals surface area contributed by atoms with Crippen molar-refractivity contribution < 1.29 is 4.42 Å². The molecule has 0 saturated heterocycles. The van der Waals surface area contributed by atoms with Crippen molar-refractivity contribution in [1.29, 1.82) is 0 Å². The third-order valence-corrected chi connectivity index (χ3v) is 3.36. The molecule has 1 aromatic carbocycles. The summed E-state index contributed by atoms with van der Waals surface area (Å²) >= 11 is 6.01. The average Bonchev–Trinajstić information content (AvgIpc) is 2.82. The maximum absolute atomic E-state index is 6.08. The molecule has 0 radical (unpaired) electrons. The second kappa shape index (κ2) is 6.24. The van der Waals surface area contributed by atoms with Gasteiger partial charge in [0.05, 0.1) is 12.3 Å². The van der Waals surface area contributed by atoms with Gasteiger partial charge in [-0.2, -0.15) is 0 Å². The summed E-state index contributed by atoms with van der Waals surface area (Å²) in [7, 11) is 2.04. The van der Waals surface area contributed by atoms with Gasteiger partial charge in [-0.15, -0.1) is 0 Å². The highest BCUT2D eigenvalue weighted by Gasteiger charge is 2.23.